The summed E-state index contributed by atoms with van der Waals surface area (Å²) in [7, 11) is 0. The number of quaternary nitrogens is 1. The molecule has 146 valence electrons. The average Bonchev–Trinajstić information content (AvgIpc) is 2.58. The second-order valence-electron chi connectivity index (χ2n) is 6.72. The Balaban J connectivity index is 0. The van der Waals surface area contributed by atoms with E-state index in [0.717, 1.165) is 19.4 Å². The quantitative estimate of drug-likeness (QED) is 0.241. The molecule has 24 heavy (non-hydrogen) atoms. The van der Waals surface area contributed by atoms with Gasteiger partial charge in [0, 0.05) is 5.97 Å². The fourth-order valence-electron chi connectivity index (χ4n) is 2.64. The Labute approximate surface area is 150 Å². The van der Waals surface area contributed by atoms with E-state index < -0.39 is 5.97 Å². The number of hydrogen-bond acceptors (Lipinski definition) is 3. The van der Waals surface area contributed by atoms with Gasteiger partial charge in [-0.3, -0.25) is 5.43 Å². The van der Waals surface area contributed by atoms with Gasteiger partial charge in [0.2, 0.25) is 0 Å². The second kappa shape index (κ2) is 24.6. The monoisotopic (exact) mass is 344 g/mol. The zero-order chi connectivity index (χ0) is 18.3. The molecule has 0 bridgehead atoms. The van der Waals surface area contributed by atoms with Crippen molar-refractivity contribution in [2.45, 2.75) is 117 Å². The summed E-state index contributed by atoms with van der Waals surface area (Å²) in [5.41, 5.74) is 1.62. The van der Waals surface area contributed by atoms with Crippen LogP contribution in [-0.4, -0.2) is 12.5 Å². The summed E-state index contributed by atoms with van der Waals surface area (Å²) in [6.07, 6.45) is 19.9. The second-order valence-corrected chi connectivity index (χ2v) is 6.72. The van der Waals surface area contributed by atoms with Crippen LogP contribution in [0.4, 0.5) is 0 Å². The summed E-state index contributed by atoms with van der Waals surface area (Å²) in [5, 5.41) is 10.2. The molecule has 0 rings (SSSR count). The van der Waals surface area contributed by atoms with Crippen LogP contribution in [0.2, 0.25) is 0 Å². The molecule has 4 heteroatoms. The number of aliphatic carboxylic acids is 1. The Morgan fingerprint density at radius 3 is 1.25 bits per heavy atom. The maximum Gasteiger partial charge on any atom is 0.0899 e. The predicted molar refractivity (Wildman–Crippen MR) is 101 cm³/mol. The van der Waals surface area contributed by atoms with Gasteiger partial charge in [0.15, 0.2) is 0 Å². The first-order valence-electron chi connectivity index (χ1n) is 10.4. The molecule has 0 aliphatic rings. The van der Waals surface area contributed by atoms with Crippen LogP contribution in [-0.2, 0) is 4.79 Å². The SMILES string of the molecule is CCCCCCCCCCCCCCCCCC(=O)[O-].CC[NH2+]N. The highest BCUT2D eigenvalue weighted by molar-refractivity contribution is 5.63. The molecule has 0 amide bonds. The zero-order valence-electron chi connectivity index (χ0n) is 16.5. The molecule has 0 aromatic heterocycles. The van der Waals surface area contributed by atoms with Crippen molar-refractivity contribution in [3.63, 3.8) is 0 Å². The molecule has 0 atom stereocenters. The van der Waals surface area contributed by atoms with E-state index in [4.69, 9.17) is 5.84 Å². The van der Waals surface area contributed by atoms with Gasteiger partial charge in [0.1, 0.15) is 0 Å². The number of carbonyl (C=O) groups is 1. The maximum atomic E-state index is 10.2. The highest BCUT2D eigenvalue weighted by Gasteiger charge is 1.94. The number of carbonyl (C=O) groups excluding carboxylic acids is 1. The van der Waals surface area contributed by atoms with E-state index in [2.05, 4.69) is 6.92 Å². The molecule has 4 nitrogen and oxygen atoms in total. The van der Waals surface area contributed by atoms with E-state index in [1.807, 2.05) is 6.92 Å². The van der Waals surface area contributed by atoms with Crippen LogP contribution in [0.1, 0.15) is 117 Å². The Morgan fingerprint density at radius 2 is 1.00 bits per heavy atom. The lowest BCUT2D eigenvalue weighted by Gasteiger charge is -2.04. The van der Waals surface area contributed by atoms with Crippen LogP contribution in [0.15, 0.2) is 0 Å². The Morgan fingerprint density at radius 1 is 0.708 bits per heavy atom. The van der Waals surface area contributed by atoms with E-state index in [1.165, 1.54) is 83.5 Å². The molecule has 0 aliphatic carbocycles. The molecule has 0 aromatic rings. The lowest BCUT2D eigenvalue weighted by molar-refractivity contribution is -0.664. The minimum Gasteiger partial charge on any atom is -0.550 e. The number of rotatable bonds is 17. The molecule has 4 N–H and O–H groups in total. The number of nitrogens with two attached hydrogens (primary N) is 2. The highest BCUT2D eigenvalue weighted by atomic mass is 16.4. The molecular weight excluding hydrogens is 300 g/mol. The van der Waals surface area contributed by atoms with Gasteiger partial charge in [0.05, 0.1) is 6.54 Å². The lowest BCUT2D eigenvalue weighted by Crippen LogP contribution is -2.90. The van der Waals surface area contributed by atoms with E-state index in [-0.39, 0.29) is 6.42 Å². The Hall–Kier alpha value is -0.610. The van der Waals surface area contributed by atoms with Gasteiger partial charge in [-0.1, -0.05) is 96.8 Å². The largest absolute Gasteiger partial charge is 0.550 e. The molecule has 0 heterocycles. The van der Waals surface area contributed by atoms with Crippen LogP contribution in [0.5, 0.6) is 0 Å². The van der Waals surface area contributed by atoms with Gasteiger partial charge in [-0.15, -0.1) is 0 Å². The average molecular weight is 345 g/mol. The van der Waals surface area contributed by atoms with Crippen molar-refractivity contribution in [2.24, 2.45) is 5.84 Å². The number of unbranched alkanes of at least 4 members (excludes halogenated alkanes) is 14. The fraction of sp³-hybridized carbons (Fsp3) is 0.950. The zero-order valence-corrected chi connectivity index (χ0v) is 16.5. The van der Waals surface area contributed by atoms with E-state index >= 15 is 0 Å². The van der Waals surface area contributed by atoms with Crippen LogP contribution < -0.4 is 16.4 Å². The van der Waals surface area contributed by atoms with Gasteiger partial charge in [0.25, 0.3) is 0 Å². The standard InChI is InChI=1S/C18H36O2.C2H8N2/c1-2-3-4-5-6-7-8-9-10-11-12-13-14-15-16-17-18(19)20;1-2-4-3/h2-17H2,1H3,(H,19,20);4H,2-3H2,1H3. The summed E-state index contributed by atoms with van der Waals surface area (Å²) >= 11 is 0. The van der Waals surface area contributed by atoms with Gasteiger partial charge >= 0.3 is 0 Å². The molecule has 0 aliphatic heterocycles. The van der Waals surface area contributed by atoms with Crippen molar-refractivity contribution in [3.05, 3.63) is 0 Å². The van der Waals surface area contributed by atoms with Crippen molar-refractivity contribution in [3.8, 4) is 0 Å². The van der Waals surface area contributed by atoms with Gasteiger partial charge < -0.3 is 9.90 Å². The number of hydrogen-bond donors (Lipinski definition) is 2. The maximum absolute atomic E-state index is 10.2. The van der Waals surface area contributed by atoms with Gasteiger partial charge in [-0.2, -0.15) is 5.84 Å². The number of carboxylic acid groups (broad SMARTS) is 1. The lowest BCUT2D eigenvalue weighted by atomic mass is 10.0. The van der Waals surface area contributed by atoms with E-state index in [1.54, 1.807) is 5.43 Å². The summed E-state index contributed by atoms with van der Waals surface area (Å²) < 4.78 is 0. The fourth-order valence-corrected chi connectivity index (χ4v) is 2.64. The van der Waals surface area contributed by atoms with Gasteiger partial charge in [-0.05, 0) is 19.8 Å². The first kappa shape index (κ1) is 25.6. The molecule has 0 fully saturated rings. The third kappa shape index (κ3) is 29.4. The summed E-state index contributed by atoms with van der Waals surface area (Å²) in [6.45, 7) is 5.24. The summed E-state index contributed by atoms with van der Waals surface area (Å²) in [6, 6.07) is 0. The predicted octanol–water partition coefficient (Wildman–Crippen LogP) is 3.44. The van der Waals surface area contributed by atoms with Crippen LogP contribution >= 0.6 is 0 Å². The first-order chi connectivity index (χ1) is 11.7. The third-order valence-corrected chi connectivity index (χ3v) is 4.22. The van der Waals surface area contributed by atoms with Crippen molar-refractivity contribution in [1.82, 2.24) is 0 Å². The van der Waals surface area contributed by atoms with E-state index in [9.17, 15) is 9.90 Å². The van der Waals surface area contributed by atoms with Crippen molar-refractivity contribution >= 4 is 5.97 Å². The first-order valence-corrected chi connectivity index (χ1v) is 10.4. The molecular formula is C20H44N2O2. The molecule has 0 aromatic carbocycles. The van der Waals surface area contributed by atoms with Crippen molar-refractivity contribution in [2.75, 3.05) is 6.54 Å². The minimum absolute atomic E-state index is 0.234. The van der Waals surface area contributed by atoms with Gasteiger partial charge in [-0.25, -0.2) is 0 Å². The molecule has 0 saturated carbocycles. The third-order valence-electron chi connectivity index (χ3n) is 4.22. The topological polar surface area (TPSA) is 82.8 Å². The Bertz CT molecular complexity index is 234. The summed E-state index contributed by atoms with van der Waals surface area (Å²) in [5.74, 6) is 4.00. The molecule has 0 unspecified atom stereocenters. The molecule has 0 spiro atoms. The Kier molecular flexibility index (Phi) is 26.3. The molecule has 0 saturated heterocycles. The van der Waals surface area contributed by atoms with Crippen LogP contribution in [0.25, 0.3) is 0 Å². The number of carboxylic acids is 1. The normalized spacial score (nSPS) is 10.3. The highest BCUT2D eigenvalue weighted by Crippen LogP contribution is 2.13. The minimum atomic E-state index is -0.903. The van der Waals surface area contributed by atoms with E-state index in [0.29, 0.717) is 0 Å². The van der Waals surface area contributed by atoms with Crippen LogP contribution in [0.3, 0.4) is 0 Å². The molecule has 0 radical (unpaired) electrons. The van der Waals surface area contributed by atoms with Crippen molar-refractivity contribution < 1.29 is 15.3 Å². The van der Waals surface area contributed by atoms with Crippen LogP contribution in [0, 0.1) is 0 Å². The summed E-state index contributed by atoms with van der Waals surface area (Å²) in [4.78, 5) is 10.2. The smallest absolute Gasteiger partial charge is 0.0899 e. The van der Waals surface area contributed by atoms with Crippen molar-refractivity contribution in [1.29, 1.82) is 0 Å².